The minimum atomic E-state index is -0.379. The van der Waals surface area contributed by atoms with Gasteiger partial charge in [0, 0.05) is 4.90 Å². The van der Waals surface area contributed by atoms with Crippen molar-refractivity contribution in [2.24, 2.45) is 0 Å². The summed E-state index contributed by atoms with van der Waals surface area (Å²) < 4.78 is 0. The second kappa shape index (κ2) is 6.34. The van der Waals surface area contributed by atoms with Crippen LogP contribution in [0.3, 0.4) is 0 Å². The molecule has 1 aliphatic rings. The number of para-hydroxylation sites is 2. The van der Waals surface area contributed by atoms with Gasteiger partial charge in [0.2, 0.25) is 11.8 Å². The van der Waals surface area contributed by atoms with E-state index < -0.39 is 0 Å². The van der Waals surface area contributed by atoms with Gasteiger partial charge in [-0.2, -0.15) is 0 Å². The van der Waals surface area contributed by atoms with Crippen LogP contribution < -0.4 is 10.2 Å². The first-order valence-corrected chi connectivity index (χ1v) is 8.08. The number of hydrogen-bond acceptors (Lipinski definition) is 4. The number of rotatable bonds is 3. The highest BCUT2D eigenvalue weighted by atomic mass is 32.2. The molecule has 5 nitrogen and oxygen atoms in total. The van der Waals surface area contributed by atoms with Gasteiger partial charge in [-0.15, -0.1) is 11.8 Å². The Kier molecular flexibility index (Phi) is 4.25. The van der Waals surface area contributed by atoms with Crippen LogP contribution in [0.5, 0.6) is 5.75 Å². The topological polar surface area (TPSA) is 69.6 Å². The molecule has 0 saturated heterocycles. The van der Waals surface area contributed by atoms with Crippen LogP contribution in [0.15, 0.2) is 53.4 Å². The number of carbonyl (C=O) groups excluding carboxylic acids is 2. The van der Waals surface area contributed by atoms with Crippen LogP contribution >= 0.6 is 11.8 Å². The minimum absolute atomic E-state index is 0.0147. The molecular formula is C17H16N2O3S. The third-order valence-electron chi connectivity index (χ3n) is 3.51. The van der Waals surface area contributed by atoms with Gasteiger partial charge < -0.3 is 10.4 Å². The van der Waals surface area contributed by atoms with Crippen LogP contribution in [0.2, 0.25) is 0 Å². The molecule has 1 heterocycles. The van der Waals surface area contributed by atoms with E-state index in [1.54, 1.807) is 31.2 Å². The molecule has 6 heteroatoms. The Labute approximate surface area is 138 Å². The Morgan fingerprint density at radius 1 is 1.26 bits per heavy atom. The lowest BCUT2D eigenvalue weighted by Crippen LogP contribution is -2.45. The number of hydrogen-bond donors (Lipinski definition) is 2. The molecule has 0 spiro atoms. The van der Waals surface area contributed by atoms with Gasteiger partial charge in [-0.3, -0.25) is 14.5 Å². The summed E-state index contributed by atoms with van der Waals surface area (Å²) in [6.45, 7) is 1.81. The van der Waals surface area contributed by atoms with E-state index in [-0.39, 0.29) is 29.4 Å². The largest absolute Gasteiger partial charge is 0.508 e. The maximum Gasteiger partial charge on any atom is 0.244 e. The molecule has 2 N–H and O–H groups in total. The van der Waals surface area contributed by atoms with Crippen molar-refractivity contribution in [3.05, 3.63) is 48.5 Å². The van der Waals surface area contributed by atoms with Gasteiger partial charge in [-0.1, -0.05) is 18.2 Å². The highest BCUT2D eigenvalue weighted by molar-refractivity contribution is 8.00. The van der Waals surface area contributed by atoms with Crippen molar-refractivity contribution in [2.75, 3.05) is 16.8 Å². The van der Waals surface area contributed by atoms with Gasteiger partial charge in [0.15, 0.2) is 0 Å². The Morgan fingerprint density at radius 2 is 2.04 bits per heavy atom. The standard InChI is InChI=1S/C17H16N2O3S/c1-11(23-13-6-4-5-12(20)9-13)17(22)19-10-16(21)18-14-7-2-3-8-15(14)19/h2-9,11,20H,10H2,1H3,(H,18,21). The average molecular weight is 328 g/mol. The molecule has 0 saturated carbocycles. The summed E-state index contributed by atoms with van der Waals surface area (Å²) in [5.41, 5.74) is 1.35. The van der Waals surface area contributed by atoms with Crippen LogP contribution in [-0.2, 0) is 9.59 Å². The fourth-order valence-corrected chi connectivity index (χ4v) is 3.44. The molecule has 1 aliphatic heterocycles. The van der Waals surface area contributed by atoms with Crippen molar-refractivity contribution < 1.29 is 14.7 Å². The highest BCUT2D eigenvalue weighted by Gasteiger charge is 2.29. The van der Waals surface area contributed by atoms with Gasteiger partial charge in [0.1, 0.15) is 12.3 Å². The van der Waals surface area contributed by atoms with Crippen LogP contribution in [0.25, 0.3) is 0 Å². The maximum absolute atomic E-state index is 12.8. The van der Waals surface area contributed by atoms with Crippen LogP contribution in [0, 0.1) is 0 Å². The quantitative estimate of drug-likeness (QED) is 0.850. The van der Waals surface area contributed by atoms with E-state index in [0.717, 1.165) is 4.90 Å². The molecule has 0 fully saturated rings. The van der Waals surface area contributed by atoms with Gasteiger partial charge >= 0.3 is 0 Å². The zero-order valence-electron chi connectivity index (χ0n) is 12.5. The first kappa shape index (κ1) is 15.4. The van der Waals surface area contributed by atoms with E-state index in [0.29, 0.717) is 11.4 Å². The molecular weight excluding hydrogens is 312 g/mol. The molecule has 23 heavy (non-hydrogen) atoms. The fraction of sp³-hybridized carbons (Fsp3) is 0.176. The number of nitrogens with zero attached hydrogens (tertiary/aromatic N) is 1. The molecule has 1 atom stereocenters. The SMILES string of the molecule is CC(Sc1cccc(O)c1)C(=O)N1CC(=O)Nc2ccccc21. The third-order valence-corrected chi connectivity index (χ3v) is 4.60. The number of thioether (sulfide) groups is 1. The molecule has 2 aromatic rings. The maximum atomic E-state index is 12.8. The third kappa shape index (κ3) is 3.32. The lowest BCUT2D eigenvalue weighted by Gasteiger charge is -2.30. The summed E-state index contributed by atoms with van der Waals surface area (Å²) in [7, 11) is 0. The number of anilines is 2. The summed E-state index contributed by atoms with van der Waals surface area (Å²) in [4.78, 5) is 26.9. The zero-order valence-corrected chi connectivity index (χ0v) is 13.3. The second-order valence-electron chi connectivity index (χ2n) is 5.25. The number of phenolic OH excluding ortho intramolecular Hbond substituents is 1. The number of fused-ring (bicyclic) bond motifs is 1. The van der Waals surface area contributed by atoms with Gasteiger partial charge in [0.25, 0.3) is 0 Å². The Hall–Kier alpha value is -2.47. The zero-order chi connectivity index (χ0) is 16.4. The monoisotopic (exact) mass is 328 g/mol. The Bertz CT molecular complexity index is 763. The number of nitrogens with one attached hydrogen (secondary N) is 1. The van der Waals surface area contributed by atoms with Crippen molar-refractivity contribution >= 4 is 35.0 Å². The predicted molar refractivity (Wildman–Crippen MR) is 90.9 cm³/mol. The summed E-state index contributed by atoms with van der Waals surface area (Å²) in [6, 6.07) is 14.0. The number of phenols is 1. The van der Waals surface area contributed by atoms with E-state index in [2.05, 4.69) is 5.32 Å². The molecule has 0 aliphatic carbocycles. The van der Waals surface area contributed by atoms with Crippen molar-refractivity contribution in [2.45, 2.75) is 17.1 Å². The second-order valence-corrected chi connectivity index (χ2v) is 6.66. The average Bonchev–Trinajstić information content (AvgIpc) is 2.53. The van der Waals surface area contributed by atoms with Crippen LogP contribution in [0.4, 0.5) is 11.4 Å². The number of amides is 2. The molecule has 2 aromatic carbocycles. The summed E-state index contributed by atoms with van der Waals surface area (Å²) in [6.07, 6.45) is 0. The van der Waals surface area contributed by atoms with Crippen LogP contribution in [-0.4, -0.2) is 28.7 Å². The van der Waals surface area contributed by atoms with E-state index in [1.807, 2.05) is 24.3 Å². The minimum Gasteiger partial charge on any atom is -0.508 e. The smallest absolute Gasteiger partial charge is 0.244 e. The Morgan fingerprint density at radius 3 is 2.83 bits per heavy atom. The first-order valence-electron chi connectivity index (χ1n) is 7.20. The molecule has 1 unspecified atom stereocenters. The first-order chi connectivity index (χ1) is 11.0. The van der Waals surface area contributed by atoms with E-state index in [1.165, 1.54) is 16.7 Å². The van der Waals surface area contributed by atoms with E-state index >= 15 is 0 Å². The lowest BCUT2D eigenvalue weighted by atomic mass is 10.2. The Balaban J connectivity index is 1.81. The molecule has 0 bridgehead atoms. The predicted octanol–water partition coefficient (Wildman–Crippen LogP) is 2.86. The summed E-state index contributed by atoms with van der Waals surface area (Å²) in [5.74, 6) is -0.176. The molecule has 0 aromatic heterocycles. The van der Waals surface area contributed by atoms with E-state index in [9.17, 15) is 14.7 Å². The van der Waals surface area contributed by atoms with Gasteiger partial charge in [0.05, 0.1) is 16.6 Å². The molecule has 0 radical (unpaired) electrons. The lowest BCUT2D eigenvalue weighted by molar-refractivity contribution is -0.121. The van der Waals surface area contributed by atoms with Crippen molar-refractivity contribution in [3.8, 4) is 5.75 Å². The number of carbonyl (C=O) groups is 2. The molecule has 2 amide bonds. The number of benzene rings is 2. The fourth-order valence-electron chi connectivity index (χ4n) is 2.46. The summed E-state index contributed by atoms with van der Waals surface area (Å²) >= 11 is 1.35. The van der Waals surface area contributed by atoms with Gasteiger partial charge in [-0.25, -0.2) is 0 Å². The van der Waals surface area contributed by atoms with Crippen LogP contribution in [0.1, 0.15) is 6.92 Å². The van der Waals surface area contributed by atoms with Crippen molar-refractivity contribution in [1.29, 1.82) is 0 Å². The van der Waals surface area contributed by atoms with Gasteiger partial charge in [-0.05, 0) is 37.3 Å². The highest BCUT2D eigenvalue weighted by Crippen LogP contribution is 2.32. The molecule has 118 valence electrons. The van der Waals surface area contributed by atoms with Crippen molar-refractivity contribution in [3.63, 3.8) is 0 Å². The summed E-state index contributed by atoms with van der Waals surface area (Å²) in [5, 5.41) is 11.9. The van der Waals surface area contributed by atoms with E-state index in [4.69, 9.17) is 0 Å². The normalized spacial score (nSPS) is 14.8. The van der Waals surface area contributed by atoms with Crippen molar-refractivity contribution in [1.82, 2.24) is 0 Å². The number of aromatic hydroxyl groups is 1. The molecule has 3 rings (SSSR count).